The van der Waals surface area contributed by atoms with Crippen molar-refractivity contribution in [3.05, 3.63) is 58.7 Å². The van der Waals surface area contributed by atoms with Crippen LogP contribution in [0.25, 0.3) is 11.1 Å². The van der Waals surface area contributed by atoms with Crippen LogP contribution < -0.4 is 0 Å². The van der Waals surface area contributed by atoms with Gasteiger partial charge in [0.15, 0.2) is 0 Å². The second kappa shape index (κ2) is 4.97. The minimum absolute atomic E-state index is 0.536. The zero-order chi connectivity index (χ0) is 13.3. The molecule has 0 fully saturated rings. The van der Waals surface area contributed by atoms with Crippen molar-refractivity contribution in [3.8, 4) is 11.1 Å². The summed E-state index contributed by atoms with van der Waals surface area (Å²) < 4.78 is 0. The summed E-state index contributed by atoms with van der Waals surface area (Å²) in [6.07, 6.45) is 0. The van der Waals surface area contributed by atoms with Gasteiger partial charge < -0.3 is 0 Å². The second-order valence-corrected chi connectivity index (χ2v) is 5.45. The van der Waals surface area contributed by atoms with Crippen LogP contribution in [0.1, 0.15) is 42.0 Å². The first-order valence-electron chi connectivity index (χ1n) is 6.59. The quantitative estimate of drug-likeness (QED) is 0.673. The van der Waals surface area contributed by atoms with Crippen molar-refractivity contribution in [2.45, 2.75) is 40.5 Å². The molecule has 0 heterocycles. The van der Waals surface area contributed by atoms with Gasteiger partial charge in [-0.25, -0.2) is 0 Å². The molecule has 0 aromatic heterocycles. The molecule has 0 aliphatic carbocycles. The van der Waals surface area contributed by atoms with E-state index in [0.717, 1.165) is 0 Å². The maximum absolute atomic E-state index is 3.50. The Morgan fingerprint density at radius 2 is 1.72 bits per heavy atom. The first kappa shape index (κ1) is 12.9. The predicted molar refractivity (Wildman–Crippen MR) is 79.0 cm³/mol. The SMILES string of the molecule is Cc1[c]c(-c2c(C)cccc2C(C)C)cc(C)c1. The number of hydrogen-bond acceptors (Lipinski definition) is 0. The first-order chi connectivity index (χ1) is 8.49. The molecule has 0 nitrogen and oxygen atoms in total. The van der Waals surface area contributed by atoms with Crippen LogP contribution in [0.5, 0.6) is 0 Å². The summed E-state index contributed by atoms with van der Waals surface area (Å²) in [6, 6.07) is 14.5. The fourth-order valence-corrected chi connectivity index (χ4v) is 2.57. The van der Waals surface area contributed by atoms with Crippen molar-refractivity contribution < 1.29 is 0 Å². The Hall–Kier alpha value is -1.56. The third kappa shape index (κ3) is 2.48. The van der Waals surface area contributed by atoms with Gasteiger partial charge in [0.1, 0.15) is 0 Å². The van der Waals surface area contributed by atoms with Crippen molar-refractivity contribution in [2.75, 3.05) is 0 Å². The lowest BCUT2D eigenvalue weighted by Crippen LogP contribution is -1.96. The fraction of sp³-hybridized carbons (Fsp3) is 0.333. The maximum atomic E-state index is 3.50. The molecule has 0 saturated heterocycles. The Labute approximate surface area is 111 Å². The van der Waals surface area contributed by atoms with E-state index in [-0.39, 0.29) is 0 Å². The Balaban J connectivity index is 2.69. The average Bonchev–Trinajstić information content (AvgIpc) is 2.26. The summed E-state index contributed by atoms with van der Waals surface area (Å²) >= 11 is 0. The molecule has 93 valence electrons. The van der Waals surface area contributed by atoms with Crippen LogP contribution in [-0.2, 0) is 0 Å². The normalized spacial score (nSPS) is 11.0. The Morgan fingerprint density at radius 3 is 2.33 bits per heavy atom. The van der Waals surface area contributed by atoms with Gasteiger partial charge in [0.05, 0.1) is 0 Å². The van der Waals surface area contributed by atoms with E-state index in [2.05, 4.69) is 71.0 Å². The predicted octanol–water partition coefficient (Wildman–Crippen LogP) is 5.20. The highest BCUT2D eigenvalue weighted by molar-refractivity contribution is 5.72. The van der Waals surface area contributed by atoms with E-state index in [1.54, 1.807) is 0 Å². The van der Waals surface area contributed by atoms with Gasteiger partial charge in [-0.15, -0.1) is 0 Å². The van der Waals surface area contributed by atoms with Crippen LogP contribution in [-0.4, -0.2) is 0 Å². The fourth-order valence-electron chi connectivity index (χ4n) is 2.57. The zero-order valence-electron chi connectivity index (χ0n) is 12.0. The van der Waals surface area contributed by atoms with Crippen molar-refractivity contribution in [1.82, 2.24) is 0 Å². The molecule has 1 radical (unpaired) electrons. The second-order valence-electron chi connectivity index (χ2n) is 5.45. The number of rotatable bonds is 2. The molecule has 0 bridgehead atoms. The highest BCUT2D eigenvalue weighted by atomic mass is 14.2. The molecule has 0 N–H and O–H groups in total. The van der Waals surface area contributed by atoms with Crippen molar-refractivity contribution in [3.63, 3.8) is 0 Å². The summed E-state index contributed by atoms with van der Waals surface area (Å²) in [6.45, 7) is 11.0. The summed E-state index contributed by atoms with van der Waals surface area (Å²) in [5.41, 5.74) is 7.86. The molecule has 0 unspecified atom stereocenters. The van der Waals surface area contributed by atoms with Crippen molar-refractivity contribution >= 4 is 0 Å². The topological polar surface area (TPSA) is 0 Å². The highest BCUT2D eigenvalue weighted by Gasteiger charge is 2.11. The molecule has 0 spiro atoms. The molecule has 0 amide bonds. The van der Waals surface area contributed by atoms with Gasteiger partial charge in [0.25, 0.3) is 0 Å². The van der Waals surface area contributed by atoms with Crippen molar-refractivity contribution in [2.24, 2.45) is 0 Å². The first-order valence-corrected chi connectivity index (χ1v) is 6.59. The Bertz CT molecular complexity index is 542. The third-order valence-corrected chi connectivity index (χ3v) is 3.34. The van der Waals surface area contributed by atoms with E-state index >= 15 is 0 Å². The molecular weight excluding hydrogens is 216 g/mol. The molecule has 0 saturated carbocycles. The standard InChI is InChI=1S/C18H21/c1-12(2)17-8-6-7-15(5)18(17)16-10-13(3)9-14(4)11-16/h6-10,12H,1-5H3. The van der Waals surface area contributed by atoms with Gasteiger partial charge in [0, 0.05) is 0 Å². The summed E-state index contributed by atoms with van der Waals surface area (Å²) in [5, 5.41) is 0. The molecule has 2 aromatic carbocycles. The average molecular weight is 237 g/mol. The van der Waals surface area contributed by atoms with Crippen LogP contribution >= 0.6 is 0 Å². The van der Waals surface area contributed by atoms with Crippen LogP contribution in [0.4, 0.5) is 0 Å². The van der Waals surface area contributed by atoms with Crippen LogP contribution in [0, 0.1) is 26.8 Å². The summed E-state index contributed by atoms with van der Waals surface area (Å²) in [5.74, 6) is 0.536. The van der Waals surface area contributed by atoms with Gasteiger partial charge in [0.2, 0.25) is 0 Å². The lowest BCUT2D eigenvalue weighted by molar-refractivity contribution is 0.867. The largest absolute Gasteiger partial charge is 0.0617 e. The van der Waals surface area contributed by atoms with Gasteiger partial charge in [-0.2, -0.15) is 0 Å². The Morgan fingerprint density at radius 1 is 1.00 bits per heavy atom. The number of hydrogen-bond donors (Lipinski definition) is 0. The van der Waals surface area contributed by atoms with E-state index in [4.69, 9.17) is 0 Å². The van der Waals surface area contributed by atoms with E-state index in [1.807, 2.05) is 0 Å². The monoisotopic (exact) mass is 237 g/mol. The minimum Gasteiger partial charge on any atom is -0.0617 e. The minimum atomic E-state index is 0.536. The molecule has 0 atom stereocenters. The Kier molecular flexibility index (Phi) is 3.56. The molecule has 2 aromatic rings. The third-order valence-electron chi connectivity index (χ3n) is 3.34. The van der Waals surface area contributed by atoms with Gasteiger partial charge in [-0.05, 0) is 60.6 Å². The molecule has 0 aliphatic rings. The summed E-state index contributed by atoms with van der Waals surface area (Å²) in [7, 11) is 0. The van der Waals surface area contributed by atoms with Crippen LogP contribution in [0.3, 0.4) is 0 Å². The lowest BCUT2D eigenvalue weighted by Gasteiger charge is -2.16. The van der Waals surface area contributed by atoms with Gasteiger partial charge in [-0.3, -0.25) is 0 Å². The smallest absolute Gasteiger partial charge is 0.00668 e. The molecular formula is C18H21. The van der Waals surface area contributed by atoms with E-state index in [1.165, 1.54) is 33.4 Å². The molecule has 0 heteroatoms. The zero-order valence-corrected chi connectivity index (χ0v) is 12.0. The lowest BCUT2D eigenvalue weighted by atomic mass is 9.88. The molecule has 0 aliphatic heterocycles. The van der Waals surface area contributed by atoms with Gasteiger partial charge in [-0.1, -0.05) is 49.7 Å². The number of benzene rings is 2. The summed E-state index contributed by atoms with van der Waals surface area (Å²) in [4.78, 5) is 0. The van der Waals surface area contributed by atoms with Crippen LogP contribution in [0.2, 0.25) is 0 Å². The molecule has 18 heavy (non-hydrogen) atoms. The van der Waals surface area contributed by atoms with Gasteiger partial charge >= 0.3 is 0 Å². The molecule has 2 rings (SSSR count). The van der Waals surface area contributed by atoms with E-state index in [9.17, 15) is 0 Å². The van der Waals surface area contributed by atoms with E-state index < -0.39 is 0 Å². The van der Waals surface area contributed by atoms with Crippen molar-refractivity contribution in [1.29, 1.82) is 0 Å². The highest BCUT2D eigenvalue weighted by Crippen LogP contribution is 2.32. The van der Waals surface area contributed by atoms with Crippen LogP contribution in [0.15, 0.2) is 30.3 Å². The van der Waals surface area contributed by atoms with E-state index in [0.29, 0.717) is 5.92 Å². The number of aryl methyl sites for hydroxylation is 3. The maximum Gasteiger partial charge on any atom is -0.00668 e.